The molecule has 1 aromatic carbocycles. The lowest BCUT2D eigenvalue weighted by Gasteiger charge is -2.08. The number of benzene rings is 1. The van der Waals surface area contributed by atoms with Crippen LogP contribution < -0.4 is 16.2 Å². The average molecular weight is 254 g/mol. The van der Waals surface area contributed by atoms with Crippen LogP contribution in [0.25, 0.3) is 0 Å². The molecule has 0 aliphatic rings. The summed E-state index contributed by atoms with van der Waals surface area (Å²) < 4.78 is 5.45. The van der Waals surface area contributed by atoms with E-state index in [1.54, 1.807) is 24.3 Å². The lowest BCUT2D eigenvalue weighted by atomic mass is 10.2. The second kappa shape index (κ2) is 5.06. The number of hydrogen-bond acceptors (Lipinski definition) is 5. The van der Waals surface area contributed by atoms with Gasteiger partial charge in [0.15, 0.2) is 0 Å². The Kier molecular flexibility index (Phi) is 3.30. The largest absolute Gasteiger partial charge is 0.438 e. The molecule has 0 aliphatic heterocycles. The molecule has 0 bridgehead atoms. The molecule has 0 saturated carbocycles. The predicted molar refractivity (Wildman–Crippen MR) is 68.4 cm³/mol. The summed E-state index contributed by atoms with van der Waals surface area (Å²) in [6.07, 6.45) is 1.37. The van der Waals surface area contributed by atoms with Crippen LogP contribution in [0.1, 0.15) is 15.9 Å². The highest BCUT2D eigenvalue weighted by Gasteiger charge is 2.12. The minimum absolute atomic E-state index is 0.0754. The Morgan fingerprint density at radius 2 is 2.00 bits per heavy atom. The summed E-state index contributed by atoms with van der Waals surface area (Å²) in [4.78, 5) is 15.2. The number of amides is 1. The summed E-state index contributed by atoms with van der Waals surface area (Å²) in [7, 11) is 0. The van der Waals surface area contributed by atoms with Gasteiger partial charge in [0.1, 0.15) is 11.3 Å². The molecule has 0 fully saturated rings. The van der Waals surface area contributed by atoms with Gasteiger partial charge in [0.2, 0.25) is 5.88 Å². The molecule has 1 heterocycles. The number of pyridine rings is 1. The molecule has 0 radical (unpaired) electrons. The Bertz CT molecular complexity index is 659. The molecule has 2 aromatic rings. The summed E-state index contributed by atoms with van der Waals surface area (Å²) in [6.45, 7) is 0. The molecular weight excluding hydrogens is 244 g/mol. The number of rotatable bonds is 3. The van der Waals surface area contributed by atoms with E-state index >= 15 is 0 Å². The molecule has 6 nitrogen and oxygen atoms in total. The van der Waals surface area contributed by atoms with Crippen LogP contribution >= 0.6 is 0 Å². The van der Waals surface area contributed by atoms with Crippen molar-refractivity contribution in [2.24, 2.45) is 5.73 Å². The van der Waals surface area contributed by atoms with E-state index in [1.165, 1.54) is 12.3 Å². The van der Waals surface area contributed by atoms with Gasteiger partial charge in [-0.05, 0) is 30.3 Å². The fraction of sp³-hybridized carbons (Fsp3) is 0. The van der Waals surface area contributed by atoms with Crippen molar-refractivity contribution in [3.63, 3.8) is 0 Å². The predicted octanol–water partition coefficient (Wildman–Crippen LogP) is 1.43. The minimum Gasteiger partial charge on any atom is -0.438 e. The number of aromatic nitrogens is 1. The number of nitrogen functional groups attached to an aromatic ring is 1. The van der Waals surface area contributed by atoms with E-state index < -0.39 is 5.91 Å². The zero-order valence-electron chi connectivity index (χ0n) is 9.83. The van der Waals surface area contributed by atoms with E-state index in [-0.39, 0.29) is 11.4 Å². The van der Waals surface area contributed by atoms with Crippen molar-refractivity contribution >= 4 is 11.6 Å². The number of carbonyl (C=O) groups is 1. The van der Waals surface area contributed by atoms with E-state index in [0.29, 0.717) is 17.0 Å². The van der Waals surface area contributed by atoms with Crippen molar-refractivity contribution in [1.29, 1.82) is 5.26 Å². The van der Waals surface area contributed by atoms with Gasteiger partial charge in [0.25, 0.3) is 5.91 Å². The lowest BCUT2D eigenvalue weighted by molar-refractivity contribution is 0.0997. The Labute approximate surface area is 109 Å². The van der Waals surface area contributed by atoms with E-state index in [2.05, 4.69) is 4.98 Å². The van der Waals surface area contributed by atoms with Crippen LogP contribution in [0.3, 0.4) is 0 Å². The number of nitrogens with zero attached hydrogens (tertiary/aromatic N) is 2. The first-order valence-electron chi connectivity index (χ1n) is 5.33. The molecule has 6 heteroatoms. The van der Waals surface area contributed by atoms with Gasteiger partial charge in [-0.2, -0.15) is 5.26 Å². The fourth-order valence-corrected chi connectivity index (χ4v) is 1.44. The van der Waals surface area contributed by atoms with E-state index in [0.717, 1.165) is 0 Å². The number of primary amides is 1. The molecule has 1 aromatic heterocycles. The van der Waals surface area contributed by atoms with Crippen molar-refractivity contribution in [2.45, 2.75) is 0 Å². The number of nitrogens with two attached hydrogens (primary N) is 2. The first-order valence-corrected chi connectivity index (χ1v) is 5.33. The van der Waals surface area contributed by atoms with Crippen molar-refractivity contribution in [2.75, 3.05) is 5.73 Å². The number of hydrogen-bond donors (Lipinski definition) is 2. The lowest BCUT2D eigenvalue weighted by Crippen LogP contribution is -2.13. The van der Waals surface area contributed by atoms with Crippen molar-refractivity contribution in [3.8, 4) is 17.7 Å². The maximum absolute atomic E-state index is 11.3. The fourth-order valence-electron chi connectivity index (χ4n) is 1.44. The number of nitriles is 1. The Morgan fingerprint density at radius 1 is 1.32 bits per heavy atom. The third kappa shape index (κ3) is 2.79. The molecular formula is C13H10N4O2. The maximum Gasteiger partial charge on any atom is 0.254 e. The van der Waals surface area contributed by atoms with Gasteiger partial charge < -0.3 is 16.2 Å². The third-order valence-electron chi connectivity index (χ3n) is 2.34. The summed E-state index contributed by atoms with van der Waals surface area (Å²) in [5, 5.41) is 8.69. The van der Waals surface area contributed by atoms with Crippen LogP contribution in [0.15, 0.2) is 36.5 Å². The van der Waals surface area contributed by atoms with E-state index in [1.807, 2.05) is 6.07 Å². The van der Waals surface area contributed by atoms with Gasteiger partial charge in [0, 0.05) is 0 Å². The van der Waals surface area contributed by atoms with Crippen molar-refractivity contribution < 1.29 is 9.53 Å². The molecule has 19 heavy (non-hydrogen) atoms. The highest BCUT2D eigenvalue weighted by atomic mass is 16.5. The van der Waals surface area contributed by atoms with Gasteiger partial charge in [-0.15, -0.1) is 0 Å². The number of ether oxygens (including phenoxy) is 1. The maximum atomic E-state index is 11.3. The normalized spacial score (nSPS) is 9.63. The summed E-state index contributed by atoms with van der Waals surface area (Å²) in [5.74, 6) is -0.159. The zero-order chi connectivity index (χ0) is 13.8. The molecule has 0 saturated heterocycles. The summed E-state index contributed by atoms with van der Waals surface area (Å²) >= 11 is 0. The molecule has 2 rings (SSSR count). The molecule has 0 spiro atoms. The van der Waals surface area contributed by atoms with Gasteiger partial charge in [0.05, 0.1) is 23.5 Å². The summed E-state index contributed by atoms with van der Waals surface area (Å²) in [5.41, 5.74) is 11.7. The van der Waals surface area contributed by atoms with Crippen molar-refractivity contribution in [1.82, 2.24) is 4.98 Å². The summed E-state index contributed by atoms with van der Waals surface area (Å²) in [6, 6.07) is 9.78. The van der Waals surface area contributed by atoms with Crippen LogP contribution in [0.2, 0.25) is 0 Å². The molecule has 4 N–H and O–H groups in total. The van der Waals surface area contributed by atoms with Crippen LogP contribution in [-0.2, 0) is 0 Å². The second-order valence-corrected chi connectivity index (χ2v) is 3.72. The Hall–Kier alpha value is -3.07. The van der Waals surface area contributed by atoms with Crippen LogP contribution in [-0.4, -0.2) is 10.9 Å². The Morgan fingerprint density at radius 3 is 2.58 bits per heavy atom. The standard InChI is InChI=1S/C13H10N4O2/c14-6-8-1-3-10(4-2-8)19-13-11(12(16)18)5-9(15)7-17-13/h1-5,7H,15H2,(H2,16,18). The quantitative estimate of drug-likeness (QED) is 0.859. The molecule has 0 aliphatic carbocycles. The highest BCUT2D eigenvalue weighted by Crippen LogP contribution is 2.24. The van der Waals surface area contributed by atoms with Crippen molar-refractivity contribution in [3.05, 3.63) is 47.7 Å². The molecule has 94 valence electrons. The highest BCUT2D eigenvalue weighted by molar-refractivity contribution is 5.95. The molecule has 1 amide bonds. The van der Waals surface area contributed by atoms with Gasteiger partial charge in [-0.3, -0.25) is 4.79 Å². The molecule has 0 atom stereocenters. The smallest absolute Gasteiger partial charge is 0.254 e. The first kappa shape index (κ1) is 12.4. The first-order chi connectivity index (χ1) is 9.10. The second-order valence-electron chi connectivity index (χ2n) is 3.72. The van der Waals surface area contributed by atoms with E-state index in [9.17, 15) is 4.79 Å². The average Bonchev–Trinajstić information content (AvgIpc) is 2.41. The molecule has 0 unspecified atom stereocenters. The monoisotopic (exact) mass is 254 g/mol. The van der Waals surface area contributed by atoms with Crippen LogP contribution in [0.4, 0.5) is 5.69 Å². The van der Waals surface area contributed by atoms with Gasteiger partial charge in [-0.1, -0.05) is 0 Å². The third-order valence-corrected chi connectivity index (χ3v) is 2.34. The number of anilines is 1. The number of carbonyl (C=O) groups excluding carboxylic acids is 1. The van der Waals surface area contributed by atoms with Crippen LogP contribution in [0, 0.1) is 11.3 Å². The van der Waals surface area contributed by atoms with Gasteiger partial charge in [-0.25, -0.2) is 4.98 Å². The SMILES string of the molecule is N#Cc1ccc(Oc2ncc(N)cc2C(N)=O)cc1. The Balaban J connectivity index is 2.32. The van der Waals surface area contributed by atoms with E-state index in [4.69, 9.17) is 21.5 Å². The van der Waals surface area contributed by atoms with Gasteiger partial charge >= 0.3 is 0 Å². The van der Waals surface area contributed by atoms with Crippen LogP contribution in [0.5, 0.6) is 11.6 Å². The topological polar surface area (TPSA) is 115 Å². The minimum atomic E-state index is -0.677. The zero-order valence-corrected chi connectivity index (χ0v) is 9.83.